The summed E-state index contributed by atoms with van der Waals surface area (Å²) >= 11 is 0. The van der Waals surface area contributed by atoms with Gasteiger partial charge in [-0.1, -0.05) is 36.4 Å². The zero-order chi connectivity index (χ0) is 16.9. The summed E-state index contributed by atoms with van der Waals surface area (Å²) in [5.41, 5.74) is 2.35. The quantitative estimate of drug-likeness (QED) is 0.895. The lowest BCUT2D eigenvalue weighted by Gasteiger charge is -2.32. The Morgan fingerprint density at radius 1 is 1.08 bits per heavy atom. The Morgan fingerprint density at radius 3 is 2.46 bits per heavy atom. The first-order valence-electron chi connectivity index (χ1n) is 8.66. The van der Waals surface area contributed by atoms with Crippen LogP contribution in [0.2, 0.25) is 0 Å². The number of hydrogen-bond donors (Lipinski definition) is 2. The van der Waals surface area contributed by atoms with Crippen molar-refractivity contribution in [2.45, 2.75) is 38.1 Å². The molecule has 2 N–H and O–H groups in total. The van der Waals surface area contributed by atoms with E-state index in [1.807, 2.05) is 23.1 Å². The standard InChI is InChI=1S/C19H24N2O3/c22-18(23)15-8-10-17(11-9-15)20-19(24)21-12-4-7-16(13-21)14-5-2-1-3-6-14/h1-3,5-7,15,17H,4,8-13H2,(H,20,24)(H,22,23). The molecule has 24 heavy (non-hydrogen) atoms. The van der Waals surface area contributed by atoms with Gasteiger partial charge in [-0.2, -0.15) is 0 Å². The van der Waals surface area contributed by atoms with Crippen LogP contribution in [0.15, 0.2) is 36.4 Å². The van der Waals surface area contributed by atoms with Crippen LogP contribution in [-0.2, 0) is 4.79 Å². The van der Waals surface area contributed by atoms with E-state index in [4.69, 9.17) is 5.11 Å². The van der Waals surface area contributed by atoms with Crippen LogP contribution in [0.3, 0.4) is 0 Å². The number of carboxylic acid groups (broad SMARTS) is 1. The molecule has 2 aliphatic rings. The molecule has 1 aliphatic carbocycles. The Bertz CT molecular complexity index is 619. The SMILES string of the molecule is O=C(O)C1CCC(NC(=O)N2CCC=C(c3ccccc3)C2)CC1. The molecule has 2 amide bonds. The lowest BCUT2D eigenvalue weighted by molar-refractivity contribution is -0.142. The smallest absolute Gasteiger partial charge is 0.317 e. The van der Waals surface area contributed by atoms with Gasteiger partial charge in [0.15, 0.2) is 0 Å². The summed E-state index contributed by atoms with van der Waals surface area (Å²) in [6, 6.07) is 10.2. The van der Waals surface area contributed by atoms with Gasteiger partial charge in [0, 0.05) is 19.1 Å². The number of aliphatic carboxylic acids is 1. The summed E-state index contributed by atoms with van der Waals surface area (Å²) in [5.74, 6) is -0.964. The van der Waals surface area contributed by atoms with Gasteiger partial charge < -0.3 is 15.3 Å². The van der Waals surface area contributed by atoms with E-state index >= 15 is 0 Å². The molecule has 0 bridgehead atoms. The van der Waals surface area contributed by atoms with Crippen LogP contribution < -0.4 is 5.32 Å². The third-order valence-electron chi connectivity index (χ3n) is 4.99. The molecule has 1 saturated carbocycles. The average molecular weight is 328 g/mol. The maximum Gasteiger partial charge on any atom is 0.317 e. The normalized spacial score (nSPS) is 24.2. The highest BCUT2D eigenvalue weighted by Gasteiger charge is 2.28. The van der Waals surface area contributed by atoms with E-state index in [1.54, 1.807) is 0 Å². The molecule has 5 heteroatoms. The number of nitrogens with zero attached hydrogens (tertiary/aromatic N) is 1. The van der Waals surface area contributed by atoms with Gasteiger partial charge >= 0.3 is 12.0 Å². The molecule has 0 aromatic heterocycles. The zero-order valence-corrected chi connectivity index (χ0v) is 13.8. The van der Waals surface area contributed by atoms with Crippen molar-refractivity contribution in [3.8, 4) is 0 Å². The number of amides is 2. The van der Waals surface area contributed by atoms with E-state index in [-0.39, 0.29) is 18.0 Å². The summed E-state index contributed by atoms with van der Waals surface area (Å²) in [4.78, 5) is 25.4. The second-order valence-electron chi connectivity index (χ2n) is 6.64. The monoisotopic (exact) mass is 328 g/mol. The highest BCUT2D eigenvalue weighted by atomic mass is 16.4. The first kappa shape index (κ1) is 16.6. The number of urea groups is 1. The maximum atomic E-state index is 12.5. The van der Waals surface area contributed by atoms with Crippen LogP contribution in [-0.4, -0.2) is 41.1 Å². The van der Waals surface area contributed by atoms with Crippen molar-refractivity contribution in [3.05, 3.63) is 42.0 Å². The van der Waals surface area contributed by atoms with E-state index in [0.717, 1.165) is 31.4 Å². The Labute approximate surface area is 142 Å². The minimum Gasteiger partial charge on any atom is -0.481 e. The number of carbonyl (C=O) groups is 2. The summed E-state index contributed by atoms with van der Waals surface area (Å²) in [6.45, 7) is 1.35. The largest absolute Gasteiger partial charge is 0.481 e. The summed E-state index contributed by atoms with van der Waals surface area (Å²) in [7, 11) is 0. The third kappa shape index (κ3) is 3.96. The van der Waals surface area contributed by atoms with Crippen molar-refractivity contribution in [1.82, 2.24) is 10.2 Å². The first-order valence-corrected chi connectivity index (χ1v) is 8.66. The summed E-state index contributed by atoms with van der Waals surface area (Å²) in [5, 5.41) is 12.1. The van der Waals surface area contributed by atoms with E-state index in [2.05, 4.69) is 23.5 Å². The average Bonchev–Trinajstić information content (AvgIpc) is 2.63. The fourth-order valence-electron chi connectivity index (χ4n) is 3.53. The van der Waals surface area contributed by atoms with Crippen molar-refractivity contribution in [1.29, 1.82) is 0 Å². The highest BCUT2D eigenvalue weighted by molar-refractivity contribution is 5.79. The van der Waals surface area contributed by atoms with Crippen LogP contribution in [0, 0.1) is 5.92 Å². The molecule has 128 valence electrons. The van der Waals surface area contributed by atoms with E-state index < -0.39 is 5.97 Å². The number of hydrogen-bond acceptors (Lipinski definition) is 2. The van der Waals surface area contributed by atoms with Crippen LogP contribution in [0.4, 0.5) is 4.79 Å². The molecule has 0 radical (unpaired) electrons. The molecule has 0 unspecified atom stereocenters. The van der Waals surface area contributed by atoms with Gasteiger partial charge in [0.05, 0.1) is 5.92 Å². The minimum absolute atomic E-state index is 0.0321. The Hall–Kier alpha value is -2.30. The molecule has 0 spiro atoms. The second kappa shape index (κ2) is 7.51. The molecule has 1 aromatic carbocycles. The molecule has 0 atom stereocenters. The van der Waals surface area contributed by atoms with Crippen molar-refractivity contribution in [3.63, 3.8) is 0 Å². The Balaban J connectivity index is 1.53. The third-order valence-corrected chi connectivity index (χ3v) is 4.99. The van der Waals surface area contributed by atoms with Crippen molar-refractivity contribution < 1.29 is 14.7 Å². The van der Waals surface area contributed by atoms with E-state index in [9.17, 15) is 9.59 Å². The van der Waals surface area contributed by atoms with Gasteiger partial charge in [0.25, 0.3) is 0 Å². The van der Waals surface area contributed by atoms with Gasteiger partial charge in [-0.15, -0.1) is 0 Å². The number of benzene rings is 1. The summed E-state index contributed by atoms with van der Waals surface area (Å²) < 4.78 is 0. The topological polar surface area (TPSA) is 69.6 Å². The van der Waals surface area contributed by atoms with Crippen LogP contribution in [0.5, 0.6) is 0 Å². The number of nitrogens with one attached hydrogen (secondary N) is 1. The van der Waals surface area contributed by atoms with Gasteiger partial charge in [0.2, 0.25) is 0 Å². The molecular weight excluding hydrogens is 304 g/mol. The number of carbonyl (C=O) groups excluding carboxylic acids is 1. The van der Waals surface area contributed by atoms with Gasteiger partial charge in [0.1, 0.15) is 0 Å². The molecular formula is C19H24N2O3. The molecule has 5 nitrogen and oxygen atoms in total. The molecule has 1 fully saturated rings. The van der Waals surface area contributed by atoms with Crippen molar-refractivity contribution >= 4 is 17.6 Å². The first-order chi connectivity index (χ1) is 11.6. The second-order valence-corrected chi connectivity index (χ2v) is 6.64. The van der Waals surface area contributed by atoms with Crippen LogP contribution in [0.1, 0.15) is 37.7 Å². The van der Waals surface area contributed by atoms with Gasteiger partial charge in [-0.05, 0) is 43.2 Å². The lowest BCUT2D eigenvalue weighted by atomic mass is 9.86. The minimum atomic E-state index is -0.714. The molecule has 1 heterocycles. The van der Waals surface area contributed by atoms with E-state index in [0.29, 0.717) is 19.4 Å². The van der Waals surface area contributed by atoms with Gasteiger partial charge in [-0.25, -0.2) is 4.79 Å². The summed E-state index contributed by atoms with van der Waals surface area (Å²) in [6.07, 6.45) is 5.86. The molecule has 1 aliphatic heterocycles. The molecule has 3 rings (SSSR count). The Kier molecular flexibility index (Phi) is 5.18. The number of carboxylic acids is 1. The zero-order valence-electron chi connectivity index (χ0n) is 13.8. The maximum absolute atomic E-state index is 12.5. The van der Waals surface area contributed by atoms with Gasteiger partial charge in [-0.3, -0.25) is 4.79 Å². The van der Waals surface area contributed by atoms with Crippen LogP contribution in [0.25, 0.3) is 5.57 Å². The van der Waals surface area contributed by atoms with E-state index in [1.165, 1.54) is 5.57 Å². The predicted octanol–water partition coefficient (Wildman–Crippen LogP) is 3.13. The van der Waals surface area contributed by atoms with Crippen LogP contribution >= 0.6 is 0 Å². The Morgan fingerprint density at radius 2 is 1.79 bits per heavy atom. The van der Waals surface area contributed by atoms with Crippen molar-refractivity contribution in [2.24, 2.45) is 5.92 Å². The van der Waals surface area contributed by atoms with Crippen molar-refractivity contribution in [2.75, 3.05) is 13.1 Å². The fraction of sp³-hybridized carbons (Fsp3) is 0.474. The predicted molar refractivity (Wildman–Crippen MR) is 92.5 cm³/mol. The highest BCUT2D eigenvalue weighted by Crippen LogP contribution is 2.25. The lowest BCUT2D eigenvalue weighted by Crippen LogP contribution is -2.47. The molecule has 1 aromatic rings. The fourth-order valence-corrected chi connectivity index (χ4v) is 3.53. The molecule has 0 saturated heterocycles. The number of rotatable bonds is 3.